The van der Waals surface area contributed by atoms with Gasteiger partial charge in [0.2, 0.25) is 0 Å². The third kappa shape index (κ3) is 7.14. The first-order valence-electron chi connectivity index (χ1n) is 15.1. The lowest BCUT2D eigenvalue weighted by Crippen LogP contribution is -2.58. The fourth-order valence-corrected chi connectivity index (χ4v) is 6.06. The standard InChI is InChI=1S/C35H28F6N4O4/c1-42-31(47)28-26-16-25(21(10-11-35(39,40)41)15-27(26)49-29(28)19-6-8-23(36)9-7-19)20-4-2-5-22(14-20)30(46)45-34(32-43-12-3-13-44-32)17-24(18-34)48-33(37)38/h2-9,12-16,24,33H,10-11,17-18H2,1H3,(H,42,47)(H,45,46). The summed E-state index contributed by atoms with van der Waals surface area (Å²) in [5.74, 6) is -1.33. The van der Waals surface area contributed by atoms with E-state index < -0.39 is 54.9 Å². The van der Waals surface area contributed by atoms with Crippen molar-refractivity contribution in [2.75, 3.05) is 7.05 Å². The summed E-state index contributed by atoms with van der Waals surface area (Å²) >= 11 is 0. The number of aryl methyl sites for hydroxylation is 1. The molecule has 1 aliphatic carbocycles. The van der Waals surface area contributed by atoms with Gasteiger partial charge in [0.05, 0.1) is 11.7 Å². The van der Waals surface area contributed by atoms with Crippen molar-refractivity contribution in [1.29, 1.82) is 0 Å². The molecular formula is C35H28F6N4O4. The number of hydrogen-bond donors (Lipinski definition) is 2. The maximum Gasteiger partial charge on any atom is 0.389 e. The Kier molecular flexibility index (Phi) is 9.16. The van der Waals surface area contributed by atoms with Gasteiger partial charge in [-0.25, -0.2) is 14.4 Å². The zero-order chi connectivity index (χ0) is 34.9. The lowest BCUT2D eigenvalue weighted by molar-refractivity contribution is -0.198. The normalized spacial score (nSPS) is 17.6. The van der Waals surface area contributed by atoms with E-state index in [1.807, 2.05) is 0 Å². The van der Waals surface area contributed by atoms with Crippen molar-refractivity contribution in [1.82, 2.24) is 20.6 Å². The van der Waals surface area contributed by atoms with E-state index in [4.69, 9.17) is 4.42 Å². The Morgan fingerprint density at radius 2 is 1.69 bits per heavy atom. The number of ether oxygens (including phenoxy) is 1. The molecule has 0 unspecified atom stereocenters. The molecule has 2 amide bonds. The Bertz CT molecular complexity index is 1990. The average Bonchev–Trinajstić information content (AvgIpc) is 3.44. The molecule has 8 nitrogen and oxygen atoms in total. The summed E-state index contributed by atoms with van der Waals surface area (Å²) in [6.45, 7) is -3.00. The number of carbonyl (C=O) groups is 2. The van der Waals surface area contributed by atoms with Crippen LogP contribution in [0.25, 0.3) is 33.4 Å². The number of fused-ring (bicyclic) bond motifs is 1. The molecule has 2 aromatic heterocycles. The predicted octanol–water partition coefficient (Wildman–Crippen LogP) is 7.58. The Hall–Kier alpha value is -5.24. The van der Waals surface area contributed by atoms with Crippen LogP contribution < -0.4 is 10.6 Å². The van der Waals surface area contributed by atoms with Gasteiger partial charge in [0.25, 0.3) is 11.8 Å². The molecule has 1 fully saturated rings. The summed E-state index contributed by atoms with van der Waals surface area (Å²) in [7, 11) is 1.41. The van der Waals surface area contributed by atoms with Crippen LogP contribution >= 0.6 is 0 Å². The van der Waals surface area contributed by atoms with Crippen LogP contribution in [-0.4, -0.2) is 47.7 Å². The number of nitrogens with zero attached hydrogens (tertiary/aromatic N) is 2. The second kappa shape index (κ2) is 13.3. The van der Waals surface area contributed by atoms with Crippen molar-refractivity contribution in [3.8, 4) is 22.5 Å². The van der Waals surface area contributed by atoms with Gasteiger partial charge >= 0.3 is 12.8 Å². The van der Waals surface area contributed by atoms with Gasteiger partial charge in [-0.1, -0.05) is 12.1 Å². The quantitative estimate of drug-likeness (QED) is 0.147. The maximum absolute atomic E-state index is 13.7. The summed E-state index contributed by atoms with van der Waals surface area (Å²) in [5.41, 5.74) is 0.473. The number of halogens is 6. The third-order valence-corrected chi connectivity index (χ3v) is 8.38. The topological polar surface area (TPSA) is 106 Å². The molecule has 0 bridgehead atoms. The smallest absolute Gasteiger partial charge is 0.389 e. The average molecular weight is 683 g/mol. The molecule has 254 valence electrons. The van der Waals surface area contributed by atoms with Gasteiger partial charge in [-0.05, 0) is 77.7 Å². The summed E-state index contributed by atoms with van der Waals surface area (Å²) in [4.78, 5) is 35.2. The molecule has 0 radical (unpaired) electrons. The van der Waals surface area contributed by atoms with Gasteiger partial charge in [-0.15, -0.1) is 0 Å². The van der Waals surface area contributed by atoms with E-state index in [-0.39, 0.29) is 46.7 Å². The molecule has 6 rings (SSSR count). The summed E-state index contributed by atoms with van der Waals surface area (Å²) in [5, 5.41) is 5.70. The molecular weight excluding hydrogens is 654 g/mol. The van der Waals surface area contributed by atoms with E-state index in [9.17, 15) is 35.9 Å². The highest BCUT2D eigenvalue weighted by Crippen LogP contribution is 2.43. The molecule has 0 atom stereocenters. The van der Waals surface area contributed by atoms with Gasteiger partial charge < -0.3 is 19.8 Å². The molecule has 5 aromatic rings. The van der Waals surface area contributed by atoms with Crippen molar-refractivity contribution in [3.63, 3.8) is 0 Å². The van der Waals surface area contributed by atoms with E-state index in [0.29, 0.717) is 22.1 Å². The predicted molar refractivity (Wildman–Crippen MR) is 166 cm³/mol. The van der Waals surface area contributed by atoms with Crippen molar-refractivity contribution < 1.29 is 45.1 Å². The Labute approximate surface area is 275 Å². The number of aromatic nitrogens is 2. The second-order valence-corrected chi connectivity index (χ2v) is 11.6. The number of rotatable bonds is 10. The minimum absolute atomic E-state index is 0.00973. The largest absolute Gasteiger partial charge is 0.455 e. The van der Waals surface area contributed by atoms with Crippen LogP contribution in [0.4, 0.5) is 26.3 Å². The summed E-state index contributed by atoms with van der Waals surface area (Å²) < 4.78 is 90.5. The van der Waals surface area contributed by atoms with Crippen LogP contribution in [-0.2, 0) is 16.7 Å². The highest BCUT2D eigenvalue weighted by Gasteiger charge is 2.50. The molecule has 0 saturated heterocycles. The number of nitrogens with one attached hydrogen (secondary N) is 2. The van der Waals surface area contributed by atoms with Gasteiger partial charge in [0.1, 0.15) is 22.7 Å². The molecule has 2 heterocycles. The van der Waals surface area contributed by atoms with Crippen molar-refractivity contribution in [2.45, 2.75) is 50.1 Å². The number of amides is 2. The fourth-order valence-electron chi connectivity index (χ4n) is 6.06. The summed E-state index contributed by atoms with van der Waals surface area (Å²) in [6.07, 6.45) is -4.01. The van der Waals surface area contributed by atoms with Crippen molar-refractivity contribution >= 4 is 22.8 Å². The molecule has 3 aromatic carbocycles. The SMILES string of the molecule is CNC(=O)c1c(-c2ccc(F)cc2)oc2cc(CCC(F)(F)F)c(-c3cccc(C(=O)NC4(c5ncccn5)CC(OC(F)F)C4)c3)cc12. The Morgan fingerprint density at radius 3 is 2.35 bits per heavy atom. The van der Waals surface area contributed by atoms with Crippen LogP contribution in [0.15, 0.2) is 83.5 Å². The number of hydrogen-bond acceptors (Lipinski definition) is 6. The highest BCUT2D eigenvalue weighted by atomic mass is 19.4. The van der Waals surface area contributed by atoms with Gasteiger partial charge in [0.15, 0.2) is 5.82 Å². The van der Waals surface area contributed by atoms with Gasteiger partial charge in [0, 0.05) is 55.2 Å². The zero-order valence-electron chi connectivity index (χ0n) is 25.8. The second-order valence-electron chi connectivity index (χ2n) is 11.6. The minimum Gasteiger partial charge on any atom is -0.455 e. The van der Waals surface area contributed by atoms with Crippen LogP contribution in [0.1, 0.15) is 51.4 Å². The Morgan fingerprint density at radius 1 is 0.980 bits per heavy atom. The zero-order valence-corrected chi connectivity index (χ0v) is 25.8. The monoisotopic (exact) mass is 682 g/mol. The molecule has 1 saturated carbocycles. The molecule has 1 aliphatic rings. The molecule has 14 heteroatoms. The lowest BCUT2D eigenvalue weighted by Gasteiger charge is -2.46. The van der Waals surface area contributed by atoms with E-state index in [0.717, 1.165) is 0 Å². The first kappa shape index (κ1) is 33.7. The Balaban J connectivity index is 1.41. The first-order chi connectivity index (χ1) is 23.4. The molecule has 0 spiro atoms. The number of alkyl halides is 5. The molecule has 49 heavy (non-hydrogen) atoms. The highest BCUT2D eigenvalue weighted by molar-refractivity contribution is 6.12. The van der Waals surface area contributed by atoms with Crippen LogP contribution in [0.3, 0.4) is 0 Å². The number of benzene rings is 3. The van der Waals surface area contributed by atoms with E-state index in [2.05, 4.69) is 25.3 Å². The van der Waals surface area contributed by atoms with Gasteiger partial charge in [-0.2, -0.15) is 22.0 Å². The third-order valence-electron chi connectivity index (χ3n) is 8.38. The minimum atomic E-state index is -4.48. The van der Waals surface area contributed by atoms with Crippen LogP contribution in [0.2, 0.25) is 0 Å². The first-order valence-corrected chi connectivity index (χ1v) is 15.1. The van der Waals surface area contributed by atoms with E-state index in [1.54, 1.807) is 18.2 Å². The molecule has 2 N–H and O–H groups in total. The van der Waals surface area contributed by atoms with Crippen molar-refractivity contribution in [2.24, 2.45) is 0 Å². The summed E-state index contributed by atoms with van der Waals surface area (Å²) in [6, 6.07) is 15.9. The maximum atomic E-state index is 13.7. The molecule has 0 aliphatic heterocycles. The van der Waals surface area contributed by atoms with Crippen molar-refractivity contribution in [3.05, 3.63) is 107 Å². The van der Waals surface area contributed by atoms with Gasteiger partial charge in [-0.3, -0.25) is 9.59 Å². The number of furan rings is 1. The number of carbonyl (C=O) groups excluding carboxylic acids is 2. The van der Waals surface area contributed by atoms with E-state index >= 15 is 0 Å². The lowest BCUT2D eigenvalue weighted by atomic mass is 9.73. The van der Waals surface area contributed by atoms with E-state index in [1.165, 1.54) is 68.0 Å². The van der Waals surface area contributed by atoms with Crippen LogP contribution in [0.5, 0.6) is 0 Å². The van der Waals surface area contributed by atoms with Crippen LogP contribution in [0, 0.1) is 5.82 Å². The fraction of sp³-hybridized carbons (Fsp3) is 0.257.